The quantitative estimate of drug-likeness (QED) is 0.313. The average Bonchev–Trinajstić information content (AvgIpc) is 3.26. The highest BCUT2D eigenvalue weighted by atomic mass is 32.1. The fourth-order valence-corrected chi connectivity index (χ4v) is 4.28. The number of carbonyl (C=O) groups excluding carboxylic acids is 3. The number of nitrogens with one attached hydrogen (secondary N) is 2. The second kappa shape index (κ2) is 13.3. The van der Waals surface area contributed by atoms with Crippen molar-refractivity contribution in [2.45, 2.75) is 39.3 Å². The van der Waals surface area contributed by atoms with Gasteiger partial charge < -0.3 is 19.9 Å². The van der Waals surface area contributed by atoms with E-state index in [1.165, 1.54) is 29.5 Å². The van der Waals surface area contributed by atoms with Crippen LogP contribution in [0.25, 0.3) is 0 Å². The Labute approximate surface area is 232 Å². The molecule has 3 rings (SSSR count). The standard InChI is InChI=1S/C28H34FN5O4S/c1-28(2,3)38-27(37)32-24-18-39-17-20(24)13-25(35)23-10-9-19(15-30-23)16-34(12-11-33(4)5)26(36)31-22-8-6-7-21(29)14-22/h6-10,14-15,17-18H,11-13,16H2,1-5H3,(H,31,36)(H,32,37). The zero-order valence-electron chi connectivity index (χ0n) is 22.8. The number of rotatable bonds is 10. The number of nitrogens with zero attached hydrogens (tertiary/aromatic N) is 3. The van der Waals surface area contributed by atoms with Crippen molar-refractivity contribution < 1.29 is 23.5 Å². The van der Waals surface area contributed by atoms with E-state index in [-0.39, 0.29) is 30.5 Å². The number of hydrogen-bond acceptors (Lipinski definition) is 7. The molecule has 3 amide bonds. The Morgan fingerprint density at radius 2 is 1.82 bits per heavy atom. The van der Waals surface area contributed by atoms with Gasteiger partial charge in [-0.3, -0.25) is 15.1 Å². The molecule has 0 radical (unpaired) electrons. The SMILES string of the molecule is CN(C)CCN(Cc1ccc(C(=O)Cc2cscc2NC(=O)OC(C)(C)C)nc1)C(=O)Nc1cccc(F)c1. The number of likely N-dealkylation sites (N-methyl/N-ethyl adjacent to an activating group) is 1. The number of hydrogen-bond donors (Lipinski definition) is 2. The molecule has 1 aromatic carbocycles. The molecule has 0 spiro atoms. The van der Waals surface area contributed by atoms with Crippen molar-refractivity contribution in [1.29, 1.82) is 0 Å². The van der Waals surface area contributed by atoms with Crippen LogP contribution in [0.3, 0.4) is 0 Å². The summed E-state index contributed by atoms with van der Waals surface area (Å²) in [7, 11) is 3.82. The van der Waals surface area contributed by atoms with Crippen molar-refractivity contribution in [1.82, 2.24) is 14.8 Å². The third-order valence-corrected chi connectivity index (χ3v) is 6.19. The van der Waals surface area contributed by atoms with Gasteiger partial charge in [0.05, 0.1) is 5.69 Å². The molecule has 9 nitrogen and oxygen atoms in total. The minimum Gasteiger partial charge on any atom is -0.444 e. The molecule has 39 heavy (non-hydrogen) atoms. The van der Waals surface area contributed by atoms with Crippen molar-refractivity contribution in [3.8, 4) is 0 Å². The number of carbonyl (C=O) groups is 3. The van der Waals surface area contributed by atoms with Gasteiger partial charge in [-0.1, -0.05) is 12.1 Å². The normalized spacial score (nSPS) is 11.3. The van der Waals surface area contributed by atoms with Crippen LogP contribution in [0.4, 0.5) is 25.4 Å². The van der Waals surface area contributed by atoms with Crippen LogP contribution in [0.15, 0.2) is 53.4 Å². The first-order chi connectivity index (χ1) is 18.4. The van der Waals surface area contributed by atoms with Crippen LogP contribution in [0.5, 0.6) is 0 Å². The number of ether oxygens (including phenoxy) is 1. The third-order valence-electron chi connectivity index (χ3n) is 5.39. The molecule has 0 bridgehead atoms. The highest BCUT2D eigenvalue weighted by Crippen LogP contribution is 2.23. The van der Waals surface area contributed by atoms with Gasteiger partial charge in [-0.15, -0.1) is 11.3 Å². The number of urea groups is 1. The van der Waals surface area contributed by atoms with Crippen molar-refractivity contribution in [3.05, 3.63) is 76.0 Å². The van der Waals surface area contributed by atoms with Gasteiger partial charge >= 0.3 is 12.1 Å². The predicted molar refractivity (Wildman–Crippen MR) is 151 cm³/mol. The molecule has 2 N–H and O–H groups in total. The van der Waals surface area contributed by atoms with E-state index in [4.69, 9.17) is 4.74 Å². The molecule has 0 atom stereocenters. The highest BCUT2D eigenvalue weighted by Gasteiger charge is 2.20. The van der Waals surface area contributed by atoms with Gasteiger partial charge in [0.1, 0.15) is 17.1 Å². The summed E-state index contributed by atoms with van der Waals surface area (Å²) >= 11 is 1.37. The summed E-state index contributed by atoms with van der Waals surface area (Å²) in [5.74, 6) is -0.646. The number of benzene rings is 1. The number of aromatic nitrogens is 1. The number of Topliss-reactive ketones (excluding diaryl/α,β-unsaturated/α-hetero) is 1. The number of ketones is 1. The first-order valence-electron chi connectivity index (χ1n) is 12.4. The van der Waals surface area contributed by atoms with E-state index in [1.807, 2.05) is 19.0 Å². The van der Waals surface area contributed by atoms with E-state index in [2.05, 4.69) is 15.6 Å². The van der Waals surface area contributed by atoms with Crippen LogP contribution in [-0.4, -0.2) is 65.5 Å². The Morgan fingerprint density at radius 3 is 2.46 bits per heavy atom. The van der Waals surface area contributed by atoms with Gasteiger partial charge in [-0.2, -0.15) is 0 Å². The highest BCUT2D eigenvalue weighted by molar-refractivity contribution is 7.08. The van der Waals surface area contributed by atoms with Crippen LogP contribution in [0.2, 0.25) is 0 Å². The Bertz CT molecular complexity index is 1290. The minimum atomic E-state index is -0.635. The van der Waals surface area contributed by atoms with Crippen molar-refractivity contribution in [2.24, 2.45) is 0 Å². The number of anilines is 2. The largest absolute Gasteiger partial charge is 0.444 e. The lowest BCUT2D eigenvalue weighted by atomic mass is 10.1. The third kappa shape index (κ3) is 9.77. The van der Waals surface area contributed by atoms with Crippen LogP contribution in [0.1, 0.15) is 42.4 Å². The number of halogens is 1. The van der Waals surface area contributed by atoms with E-state index in [1.54, 1.807) is 60.8 Å². The zero-order valence-corrected chi connectivity index (χ0v) is 23.6. The monoisotopic (exact) mass is 555 g/mol. The maximum atomic E-state index is 13.5. The first-order valence-corrected chi connectivity index (χ1v) is 13.3. The number of thiophene rings is 1. The molecule has 3 aromatic rings. The fraction of sp³-hybridized carbons (Fsp3) is 0.357. The molecule has 2 heterocycles. The maximum absolute atomic E-state index is 13.5. The Hall–Kier alpha value is -3.83. The molecule has 2 aromatic heterocycles. The molecule has 0 aliphatic heterocycles. The van der Waals surface area contributed by atoms with Gasteiger partial charge in [0.25, 0.3) is 0 Å². The molecule has 208 valence electrons. The second-order valence-electron chi connectivity index (χ2n) is 10.3. The van der Waals surface area contributed by atoms with E-state index in [0.29, 0.717) is 30.0 Å². The summed E-state index contributed by atoms with van der Waals surface area (Å²) in [6.07, 6.45) is 1.04. The summed E-state index contributed by atoms with van der Waals surface area (Å²) in [5, 5.41) is 8.98. The van der Waals surface area contributed by atoms with Crippen molar-refractivity contribution >= 4 is 40.6 Å². The van der Waals surface area contributed by atoms with Crippen LogP contribution in [0, 0.1) is 5.82 Å². The molecule has 0 saturated heterocycles. The summed E-state index contributed by atoms with van der Waals surface area (Å²) in [5.41, 5.74) is 1.94. The maximum Gasteiger partial charge on any atom is 0.412 e. The van der Waals surface area contributed by atoms with Gasteiger partial charge in [-0.05, 0) is 75.6 Å². The summed E-state index contributed by atoms with van der Waals surface area (Å²) in [6.45, 7) is 6.64. The molecule has 11 heteroatoms. The van der Waals surface area contributed by atoms with Gasteiger partial charge in [0.2, 0.25) is 0 Å². The molecule has 0 saturated carbocycles. The fourth-order valence-electron chi connectivity index (χ4n) is 3.49. The van der Waals surface area contributed by atoms with Crippen molar-refractivity contribution in [3.63, 3.8) is 0 Å². The van der Waals surface area contributed by atoms with Crippen LogP contribution in [-0.2, 0) is 17.7 Å². The molecular formula is C28H34FN5O4S. The lowest BCUT2D eigenvalue weighted by Crippen LogP contribution is -2.39. The summed E-state index contributed by atoms with van der Waals surface area (Å²) in [4.78, 5) is 45.9. The first kappa shape index (κ1) is 29.7. The Kier molecular flexibility index (Phi) is 10.1. The molecule has 0 aliphatic rings. The van der Waals surface area contributed by atoms with E-state index in [0.717, 1.165) is 5.56 Å². The molecule has 0 aliphatic carbocycles. The summed E-state index contributed by atoms with van der Waals surface area (Å²) in [6, 6.07) is 8.73. The zero-order chi connectivity index (χ0) is 28.6. The van der Waals surface area contributed by atoms with Gasteiger partial charge in [0, 0.05) is 43.3 Å². The van der Waals surface area contributed by atoms with E-state index < -0.39 is 17.5 Å². The van der Waals surface area contributed by atoms with Gasteiger partial charge in [0.15, 0.2) is 5.78 Å². The molecule has 0 fully saturated rings. The molecular weight excluding hydrogens is 521 g/mol. The number of amides is 3. The lowest BCUT2D eigenvalue weighted by Gasteiger charge is -2.25. The Balaban J connectivity index is 1.64. The summed E-state index contributed by atoms with van der Waals surface area (Å²) < 4.78 is 18.8. The predicted octanol–water partition coefficient (Wildman–Crippen LogP) is 5.65. The molecule has 0 unspecified atom stereocenters. The van der Waals surface area contributed by atoms with Crippen molar-refractivity contribution in [2.75, 3.05) is 37.8 Å². The minimum absolute atomic E-state index is 0.0615. The second-order valence-corrected chi connectivity index (χ2v) is 11.0. The van der Waals surface area contributed by atoms with Crippen LogP contribution >= 0.6 is 11.3 Å². The van der Waals surface area contributed by atoms with Crippen LogP contribution < -0.4 is 10.6 Å². The van der Waals surface area contributed by atoms with E-state index >= 15 is 0 Å². The lowest BCUT2D eigenvalue weighted by molar-refractivity contribution is 0.0635. The smallest absolute Gasteiger partial charge is 0.412 e. The van der Waals surface area contributed by atoms with E-state index in [9.17, 15) is 18.8 Å². The average molecular weight is 556 g/mol. The number of pyridine rings is 1. The topological polar surface area (TPSA) is 104 Å². The Morgan fingerprint density at radius 1 is 1.05 bits per heavy atom. The van der Waals surface area contributed by atoms with Gasteiger partial charge in [-0.25, -0.2) is 14.0 Å².